The Morgan fingerprint density at radius 1 is 1.18 bits per heavy atom. The molecule has 0 amide bonds. The van der Waals surface area contributed by atoms with Crippen LogP contribution in [-0.2, 0) is 0 Å². The first-order valence-corrected chi connectivity index (χ1v) is 11.1. The molecule has 2 bridgehead atoms. The molecule has 2 aliphatic heterocycles. The maximum Gasteiger partial charge on any atom is 0.233 e. The van der Waals surface area contributed by atoms with Gasteiger partial charge in [0, 0.05) is 29.8 Å². The molecule has 0 unspecified atom stereocenters. The molecule has 34 heavy (non-hydrogen) atoms. The molecule has 2 aliphatic rings. The van der Waals surface area contributed by atoms with Gasteiger partial charge in [0.05, 0.1) is 35.1 Å². The number of nitrogens with one attached hydrogen (secondary N) is 1. The second-order valence-electron chi connectivity index (χ2n) is 9.64. The van der Waals surface area contributed by atoms with Gasteiger partial charge in [-0.15, -0.1) is 15.3 Å². The van der Waals surface area contributed by atoms with E-state index in [1.54, 1.807) is 24.1 Å². The normalized spacial score (nSPS) is 29.7. The summed E-state index contributed by atoms with van der Waals surface area (Å²) in [4.78, 5) is 6.18. The number of fused-ring (bicyclic) bond motifs is 2. The summed E-state index contributed by atoms with van der Waals surface area (Å²) in [5.74, 6) is 0.399. The topological polar surface area (TPSA) is 109 Å². The molecule has 0 spiro atoms. The minimum atomic E-state index is -2.65. The highest BCUT2D eigenvalue weighted by Gasteiger charge is 2.56. The van der Waals surface area contributed by atoms with Gasteiger partial charge in [0.25, 0.3) is 0 Å². The number of rotatable bonds is 5. The Morgan fingerprint density at radius 3 is 2.76 bits per heavy atom. The molecular formula is C24H28FN7O2. The van der Waals surface area contributed by atoms with Crippen LogP contribution in [0.15, 0.2) is 36.7 Å². The number of ether oxygens (including phenoxy) is 1. The van der Waals surface area contributed by atoms with Crippen LogP contribution in [0.1, 0.15) is 37.2 Å². The molecule has 4 heterocycles. The zero-order chi connectivity index (χ0) is 26.6. The van der Waals surface area contributed by atoms with E-state index < -0.39 is 18.7 Å². The van der Waals surface area contributed by atoms with E-state index in [1.807, 2.05) is 6.92 Å². The fourth-order valence-corrected chi connectivity index (χ4v) is 5.21. The van der Waals surface area contributed by atoms with E-state index in [0.717, 1.165) is 12.8 Å². The average molecular weight is 469 g/mol. The summed E-state index contributed by atoms with van der Waals surface area (Å²) in [7, 11) is -0.850. The van der Waals surface area contributed by atoms with Crippen LogP contribution in [0.25, 0.3) is 22.5 Å². The molecule has 1 aromatic carbocycles. The number of alkyl halides is 1. The predicted molar refractivity (Wildman–Crippen MR) is 125 cm³/mol. The number of halogens is 1. The van der Waals surface area contributed by atoms with E-state index >= 15 is 4.39 Å². The molecule has 10 heteroatoms. The third kappa shape index (κ3) is 3.81. The highest BCUT2D eigenvalue weighted by Crippen LogP contribution is 2.45. The first kappa shape index (κ1) is 19.0. The first-order valence-electron chi connectivity index (χ1n) is 12.6. The van der Waals surface area contributed by atoms with Crippen molar-refractivity contribution < 1.29 is 18.3 Å². The number of aromatic nitrogens is 5. The van der Waals surface area contributed by atoms with Gasteiger partial charge in [-0.05, 0) is 50.8 Å². The number of benzene rings is 1. The van der Waals surface area contributed by atoms with E-state index in [1.165, 1.54) is 24.5 Å². The SMILES string of the molecule is [2H]C([2H])([2H])Oc1cc(-c2ccc(-c3ncc(N(C)[C@@H]4C[C@@]5(C)CC[C@](C)(N5)[C@@H]4F)nn3)c(O)c2)cnn1. The van der Waals surface area contributed by atoms with Gasteiger partial charge in [-0.3, -0.25) is 0 Å². The van der Waals surface area contributed by atoms with Crippen LogP contribution in [0.4, 0.5) is 10.2 Å². The fraction of sp³-hybridized carbons (Fsp3) is 0.458. The van der Waals surface area contributed by atoms with Crippen LogP contribution < -0.4 is 15.0 Å². The number of anilines is 1. The van der Waals surface area contributed by atoms with E-state index in [2.05, 4.69) is 37.6 Å². The standard InChI is InChI=1S/C24H28FN7O2/c1-23-7-8-24(2,31-23)21(25)17(11-23)32(3)19-13-26-22(30-28-19)16-6-5-14(9-18(16)33)15-10-20(34-4)29-27-12-15/h5-6,9-10,12-13,17,21,31,33H,7-8,11H2,1-4H3/t17-,21-,23-,24+/m1/s1/i4D3. The summed E-state index contributed by atoms with van der Waals surface area (Å²) in [6.07, 6.45) is 4.25. The Balaban J connectivity index is 1.35. The molecular weight excluding hydrogens is 437 g/mol. The van der Waals surface area contributed by atoms with Crippen molar-refractivity contribution in [1.82, 2.24) is 30.7 Å². The Labute approximate surface area is 201 Å². The van der Waals surface area contributed by atoms with Gasteiger partial charge in [0.1, 0.15) is 11.9 Å². The van der Waals surface area contributed by atoms with E-state index in [9.17, 15) is 5.11 Å². The monoisotopic (exact) mass is 468 g/mol. The van der Waals surface area contributed by atoms with Gasteiger partial charge in [-0.25, -0.2) is 9.37 Å². The van der Waals surface area contributed by atoms with Crippen molar-refractivity contribution in [2.24, 2.45) is 0 Å². The number of hydrogen-bond acceptors (Lipinski definition) is 9. The van der Waals surface area contributed by atoms with Crippen LogP contribution in [-0.4, -0.2) is 67.9 Å². The van der Waals surface area contributed by atoms with Gasteiger partial charge in [0.2, 0.25) is 5.88 Å². The molecule has 2 aromatic heterocycles. The first-order chi connectivity index (χ1) is 17.4. The van der Waals surface area contributed by atoms with Crippen LogP contribution in [0, 0.1) is 0 Å². The summed E-state index contributed by atoms with van der Waals surface area (Å²) in [5.41, 5.74) is 0.743. The lowest BCUT2D eigenvalue weighted by molar-refractivity contribution is 0.0859. The number of nitrogens with zero attached hydrogens (tertiary/aromatic N) is 6. The summed E-state index contributed by atoms with van der Waals surface area (Å²) < 4.78 is 41.9. The smallest absolute Gasteiger partial charge is 0.233 e. The number of methoxy groups -OCH3 is 1. The van der Waals surface area contributed by atoms with Gasteiger partial charge in [-0.1, -0.05) is 6.07 Å². The van der Waals surface area contributed by atoms with Crippen LogP contribution in [0.5, 0.6) is 11.6 Å². The molecule has 0 radical (unpaired) electrons. The molecule has 0 aliphatic carbocycles. The van der Waals surface area contributed by atoms with E-state index in [0.29, 0.717) is 28.9 Å². The number of phenolic OH excluding ortho intramolecular Hbond substituents is 1. The fourth-order valence-electron chi connectivity index (χ4n) is 5.21. The van der Waals surface area contributed by atoms with Gasteiger partial charge in [0.15, 0.2) is 11.6 Å². The lowest BCUT2D eigenvalue weighted by Gasteiger charge is -2.47. The zero-order valence-electron chi connectivity index (χ0n) is 22.2. The lowest BCUT2D eigenvalue weighted by Crippen LogP contribution is -2.65. The Hall–Kier alpha value is -3.40. The number of aromatic hydroxyl groups is 1. The summed E-state index contributed by atoms with van der Waals surface area (Å²) in [6, 6.07) is 5.87. The van der Waals surface area contributed by atoms with Gasteiger partial charge >= 0.3 is 0 Å². The van der Waals surface area contributed by atoms with Crippen molar-refractivity contribution in [3.05, 3.63) is 36.7 Å². The van der Waals surface area contributed by atoms with Crippen molar-refractivity contribution in [2.75, 3.05) is 19.0 Å². The molecule has 0 saturated carbocycles. The summed E-state index contributed by atoms with van der Waals surface area (Å²) >= 11 is 0. The van der Waals surface area contributed by atoms with E-state index in [-0.39, 0.29) is 29.0 Å². The molecule has 9 nitrogen and oxygen atoms in total. The molecule has 5 rings (SSSR count). The van der Waals surface area contributed by atoms with Crippen molar-refractivity contribution in [3.8, 4) is 34.1 Å². The number of phenols is 1. The lowest BCUT2D eigenvalue weighted by atomic mass is 9.82. The largest absolute Gasteiger partial charge is 0.507 e. The second-order valence-corrected chi connectivity index (χ2v) is 9.64. The molecule has 178 valence electrons. The average Bonchev–Trinajstić information content (AvgIpc) is 3.12. The van der Waals surface area contributed by atoms with Crippen molar-refractivity contribution in [2.45, 2.75) is 56.4 Å². The maximum atomic E-state index is 15.5. The molecule has 4 atom stereocenters. The highest BCUT2D eigenvalue weighted by atomic mass is 19.1. The second kappa shape index (κ2) is 8.12. The quantitative estimate of drug-likeness (QED) is 0.583. The van der Waals surface area contributed by atoms with Crippen molar-refractivity contribution in [1.29, 1.82) is 0 Å². The Morgan fingerprint density at radius 2 is 2.03 bits per heavy atom. The van der Waals surface area contributed by atoms with Crippen LogP contribution >= 0.6 is 0 Å². The maximum absolute atomic E-state index is 15.5. The Bertz CT molecular complexity index is 1310. The third-order valence-electron chi connectivity index (χ3n) is 7.11. The summed E-state index contributed by atoms with van der Waals surface area (Å²) in [6.45, 7) is 4.07. The van der Waals surface area contributed by atoms with Gasteiger partial charge < -0.3 is 20.1 Å². The highest BCUT2D eigenvalue weighted by molar-refractivity contribution is 5.72. The van der Waals surface area contributed by atoms with Crippen molar-refractivity contribution >= 4 is 5.82 Å². The van der Waals surface area contributed by atoms with E-state index in [4.69, 9.17) is 8.85 Å². The Kier molecular flexibility index (Phi) is 4.53. The molecule has 2 fully saturated rings. The molecule has 2 N–H and O–H groups in total. The minimum Gasteiger partial charge on any atom is -0.507 e. The minimum absolute atomic E-state index is 0.102. The number of piperidine rings is 1. The van der Waals surface area contributed by atoms with Crippen LogP contribution in [0.3, 0.4) is 0 Å². The third-order valence-corrected chi connectivity index (χ3v) is 7.11. The van der Waals surface area contributed by atoms with Crippen molar-refractivity contribution in [3.63, 3.8) is 0 Å². The predicted octanol–water partition coefficient (Wildman–Crippen LogP) is 3.16. The summed E-state index contributed by atoms with van der Waals surface area (Å²) in [5, 5.41) is 30.0. The molecule has 2 saturated heterocycles. The zero-order valence-corrected chi connectivity index (χ0v) is 19.2. The van der Waals surface area contributed by atoms with Gasteiger partial charge in [-0.2, -0.15) is 5.10 Å². The van der Waals surface area contributed by atoms with Crippen LogP contribution in [0.2, 0.25) is 0 Å². The molecule has 3 aromatic rings. The number of hydrogen-bond donors (Lipinski definition) is 2.